The van der Waals surface area contributed by atoms with Crippen molar-refractivity contribution < 1.29 is 27.0 Å². The molecule has 0 aromatic heterocycles. The Morgan fingerprint density at radius 3 is 2.58 bits per heavy atom. The molecule has 1 aromatic carbocycles. The first-order valence-electron chi connectivity index (χ1n) is 5.63. The molecule has 0 bridgehead atoms. The van der Waals surface area contributed by atoms with E-state index in [0.29, 0.717) is 0 Å². The number of aliphatic hydroxyl groups is 1. The van der Waals surface area contributed by atoms with Gasteiger partial charge in [-0.3, -0.25) is 0 Å². The van der Waals surface area contributed by atoms with Crippen molar-refractivity contribution in [3.05, 3.63) is 29.8 Å². The number of ether oxygens (including phenoxy) is 1. The molecule has 5 nitrogen and oxygen atoms in total. The smallest absolute Gasteiger partial charge is 0.249 e. The van der Waals surface area contributed by atoms with Crippen molar-refractivity contribution in [3.63, 3.8) is 0 Å². The number of rotatable bonds is 3. The molecule has 2 rings (SSSR count). The van der Waals surface area contributed by atoms with E-state index in [-0.39, 0.29) is 26.3 Å². The van der Waals surface area contributed by atoms with Crippen LogP contribution in [0.4, 0.5) is 8.78 Å². The van der Waals surface area contributed by atoms with E-state index in [2.05, 4.69) is 0 Å². The van der Waals surface area contributed by atoms with Crippen LogP contribution in [0.3, 0.4) is 0 Å². The Bertz CT molecular complexity index is 544. The number of morpholine rings is 1. The zero-order valence-electron chi connectivity index (χ0n) is 9.92. The highest BCUT2D eigenvalue weighted by atomic mass is 32.2. The zero-order chi connectivity index (χ0) is 14.0. The van der Waals surface area contributed by atoms with E-state index >= 15 is 0 Å². The predicted octanol–water partition coefficient (Wildman–Crippen LogP) is 0.347. The summed E-state index contributed by atoms with van der Waals surface area (Å²) >= 11 is 0. The second-order valence-electron chi connectivity index (χ2n) is 4.09. The topological polar surface area (TPSA) is 66.8 Å². The van der Waals surface area contributed by atoms with Gasteiger partial charge in [0.2, 0.25) is 10.0 Å². The average molecular weight is 293 g/mol. The molecule has 1 atom stereocenters. The van der Waals surface area contributed by atoms with Crippen molar-refractivity contribution in [1.29, 1.82) is 0 Å². The van der Waals surface area contributed by atoms with E-state index in [4.69, 9.17) is 9.84 Å². The lowest BCUT2D eigenvalue weighted by Gasteiger charge is -2.31. The van der Waals surface area contributed by atoms with Crippen LogP contribution in [0.2, 0.25) is 0 Å². The largest absolute Gasteiger partial charge is 0.394 e. The molecule has 0 amide bonds. The molecule has 1 unspecified atom stereocenters. The molecular formula is C11H13F2NO4S. The molecule has 1 aromatic rings. The summed E-state index contributed by atoms with van der Waals surface area (Å²) in [4.78, 5) is -0.964. The van der Waals surface area contributed by atoms with Crippen LogP contribution >= 0.6 is 0 Å². The average Bonchev–Trinajstić information content (AvgIpc) is 2.38. The van der Waals surface area contributed by atoms with Crippen LogP contribution in [-0.4, -0.2) is 50.2 Å². The zero-order valence-corrected chi connectivity index (χ0v) is 10.7. The number of hydrogen-bond acceptors (Lipinski definition) is 4. The molecule has 0 spiro atoms. The highest BCUT2D eigenvalue weighted by molar-refractivity contribution is 7.89. The van der Waals surface area contributed by atoms with E-state index in [1.165, 1.54) is 0 Å². The Morgan fingerprint density at radius 1 is 1.37 bits per heavy atom. The van der Waals surface area contributed by atoms with E-state index in [1.807, 2.05) is 0 Å². The van der Waals surface area contributed by atoms with Crippen molar-refractivity contribution in [1.82, 2.24) is 4.31 Å². The molecule has 8 heteroatoms. The minimum Gasteiger partial charge on any atom is -0.394 e. The number of aliphatic hydroxyl groups excluding tert-OH is 1. The van der Waals surface area contributed by atoms with Gasteiger partial charge in [-0.1, -0.05) is 6.07 Å². The molecule has 0 aliphatic carbocycles. The van der Waals surface area contributed by atoms with Gasteiger partial charge >= 0.3 is 0 Å². The third-order valence-electron chi connectivity index (χ3n) is 2.82. The Balaban J connectivity index is 2.37. The maximum absolute atomic E-state index is 13.6. The van der Waals surface area contributed by atoms with E-state index < -0.39 is 32.7 Å². The normalized spacial score (nSPS) is 21.5. The van der Waals surface area contributed by atoms with Gasteiger partial charge in [0.15, 0.2) is 4.90 Å². The molecular weight excluding hydrogens is 280 g/mol. The maximum Gasteiger partial charge on any atom is 0.249 e. The monoisotopic (exact) mass is 293 g/mol. The van der Waals surface area contributed by atoms with Gasteiger partial charge in [-0.25, -0.2) is 17.2 Å². The summed E-state index contributed by atoms with van der Waals surface area (Å²) in [5.41, 5.74) is 0. The fraction of sp³-hybridized carbons (Fsp3) is 0.455. The van der Waals surface area contributed by atoms with Crippen LogP contribution in [0.15, 0.2) is 23.1 Å². The van der Waals surface area contributed by atoms with E-state index in [9.17, 15) is 17.2 Å². The second-order valence-corrected chi connectivity index (χ2v) is 5.96. The lowest BCUT2D eigenvalue weighted by Crippen LogP contribution is -2.47. The lowest BCUT2D eigenvalue weighted by atomic mass is 10.3. The number of hydrogen-bond donors (Lipinski definition) is 1. The fourth-order valence-electron chi connectivity index (χ4n) is 1.88. The second kappa shape index (κ2) is 5.49. The molecule has 1 aliphatic rings. The third kappa shape index (κ3) is 2.76. The Hall–Kier alpha value is -1.09. The highest BCUT2D eigenvalue weighted by Gasteiger charge is 2.34. The summed E-state index contributed by atoms with van der Waals surface area (Å²) < 4.78 is 57.5. The van der Waals surface area contributed by atoms with Crippen molar-refractivity contribution in [3.8, 4) is 0 Å². The standard InChI is InChI=1S/C11H13F2NO4S/c12-9-2-1-3-10(13)11(9)19(16,17)14-4-5-18-8(6-14)7-15/h1-3,8,15H,4-7H2. The van der Waals surface area contributed by atoms with Crippen molar-refractivity contribution in [2.45, 2.75) is 11.0 Å². The first kappa shape index (κ1) is 14.3. The van der Waals surface area contributed by atoms with Gasteiger partial charge < -0.3 is 9.84 Å². The summed E-state index contributed by atoms with van der Waals surface area (Å²) in [5, 5.41) is 8.96. The summed E-state index contributed by atoms with van der Waals surface area (Å²) in [5.74, 6) is -2.26. The van der Waals surface area contributed by atoms with Crippen molar-refractivity contribution in [2.24, 2.45) is 0 Å². The molecule has 1 N–H and O–H groups in total. The minimum atomic E-state index is -4.27. The molecule has 0 saturated carbocycles. The van der Waals surface area contributed by atoms with Crippen LogP contribution in [0, 0.1) is 11.6 Å². The molecule has 1 saturated heterocycles. The quantitative estimate of drug-likeness (QED) is 0.873. The Morgan fingerprint density at radius 2 is 2.00 bits per heavy atom. The van der Waals surface area contributed by atoms with Crippen molar-refractivity contribution in [2.75, 3.05) is 26.3 Å². The third-order valence-corrected chi connectivity index (χ3v) is 4.74. The minimum absolute atomic E-state index is 0.00733. The SMILES string of the molecule is O=S(=O)(c1c(F)cccc1F)N1CCOC(CO)C1. The number of sulfonamides is 1. The highest BCUT2D eigenvalue weighted by Crippen LogP contribution is 2.24. The number of halogens is 2. The molecule has 0 radical (unpaired) electrons. The van der Waals surface area contributed by atoms with Crippen LogP contribution in [0.5, 0.6) is 0 Å². The molecule has 1 aliphatic heterocycles. The lowest BCUT2D eigenvalue weighted by molar-refractivity contribution is -0.0305. The van der Waals surface area contributed by atoms with E-state index in [0.717, 1.165) is 22.5 Å². The first-order valence-corrected chi connectivity index (χ1v) is 7.07. The number of nitrogens with zero attached hydrogens (tertiary/aromatic N) is 1. The van der Waals surface area contributed by atoms with Gasteiger partial charge in [0.05, 0.1) is 19.3 Å². The van der Waals surface area contributed by atoms with Gasteiger partial charge in [0.25, 0.3) is 0 Å². The van der Waals surface area contributed by atoms with Gasteiger partial charge in [0.1, 0.15) is 11.6 Å². The Kier molecular flexibility index (Phi) is 4.14. The molecule has 19 heavy (non-hydrogen) atoms. The molecule has 106 valence electrons. The number of benzene rings is 1. The first-order chi connectivity index (χ1) is 8.96. The summed E-state index contributed by atoms with van der Waals surface area (Å²) in [6, 6.07) is 2.87. The maximum atomic E-state index is 13.6. The van der Waals surface area contributed by atoms with E-state index in [1.54, 1.807) is 0 Å². The van der Waals surface area contributed by atoms with Gasteiger partial charge in [-0.05, 0) is 12.1 Å². The van der Waals surface area contributed by atoms with Gasteiger partial charge in [-0.15, -0.1) is 0 Å². The van der Waals surface area contributed by atoms with Gasteiger partial charge in [-0.2, -0.15) is 4.31 Å². The molecule has 1 fully saturated rings. The molecule has 1 heterocycles. The van der Waals surface area contributed by atoms with Crippen LogP contribution in [-0.2, 0) is 14.8 Å². The van der Waals surface area contributed by atoms with Crippen molar-refractivity contribution >= 4 is 10.0 Å². The van der Waals surface area contributed by atoms with Crippen LogP contribution in [0.1, 0.15) is 0 Å². The summed E-state index contributed by atoms with van der Waals surface area (Å²) in [7, 11) is -4.27. The summed E-state index contributed by atoms with van der Waals surface area (Å²) in [6.45, 7) is -0.425. The van der Waals surface area contributed by atoms with Gasteiger partial charge in [0, 0.05) is 13.1 Å². The Labute approximate surface area is 109 Å². The summed E-state index contributed by atoms with van der Waals surface area (Å²) in [6.07, 6.45) is -0.682. The predicted molar refractivity (Wildman–Crippen MR) is 61.9 cm³/mol. The fourth-order valence-corrected chi connectivity index (χ4v) is 3.44. The van der Waals surface area contributed by atoms with Crippen LogP contribution < -0.4 is 0 Å². The van der Waals surface area contributed by atoms with Crippen LogP contribution in [0.25, 0.3) is 0 Å².